The zero-order chi connectivity index (χ0) is 19.9. The number of ether oxygens (including phenoxy) is 1. The largest absolute Gasteiger partial charge is 0.483 e. The summed E-state index contributed by atoms with van der Waals surface area (Å²) in [5.74, 6) is 0.398. The molecule has 28 heavy (non-hydrogen) atoms. The first-order chi connectivity index (χ1) is 13.5. The second-order valence-electron chi connectivity index (χ2n) is 6.86. The Morgan fingerprint density at radius 1 is 1.07 bits per heavy atom. The van der Waals surface area contributed by atoms with Gasteiger partial charge in [-0.2, -0.15) is 0 Å². The normalized spacial score (nSPS) is 14.4. The van der Waals surface area contributed by atoms with Crippen molar-refractivity contribution in [3.63, 3.8) is 0 Å². The number of rotatable bonds is 5. The van der Waals surface area contributed by atoms with Gasteiger partial charge in [-0.3, -0.25) is 10.1 Å². The predicted molar refractivity (Wildman–Crippen MR) is 117 cm³/mol. The molecule has 0 spiro atoms. The van der Waals surface area contributed by atoms with Crippen LogP contribution < -0.4 is 20.3 Å². The fourth-order valence-electron chi connectivity index (χ4n) is 3.08. The maximum atomic E-state index is 12.2. The molecule has 2 N–H and O–H groups in total. The van der Waals surface area contributed by atoms with Crippen LogP contribution in [0.4, 0.5) is 11.4 Å². The second-order valence-corrected chi connectivity index (χ2v) is 7.27. The number of benzene rings is 2. The number of amides is 1. The Balaban J connectivity index is 1.55. The van der Waals surface area contributed by atoms with Crippen molar-refractivity contribution in [3.05, 3.63) is 54.1 Å². The van der Waals surface area contributed by atoms with E-state index in [-0.39, 0.29) is 17.6 Å². The molecule has 2 aromatic rings. The van der Waals surface area contributed by atoms with Gasteiger partial charge in [0.1, 0.15) is 5.75 Å². The van der Waals surface area contributed by atoms with Gasteiger partial charge in [0.25, 0.3) is 5.91 Å². The molecule has 0 atom stereocenters. The summed E-state index contributed by atoms with van der Waals surface area (Å²) in [6, 6.07) is 15.6. The number of para-hydroxylation sites is 3. The molecule has 0 unspecified atom stereocenters. The van der Waals surface area contributed by atoms with E-state index in [4.69, 9.17) is 17.0 Å². The number of anilines is 2. The Morgan fingerprint density at radius 2 is 1.75 bits per heavy atom. The Labute approximate surface area is 171 Å². The summed E-state index contributed by atoms with van der Waals surface area (Å²) in [6.07, 6.45) is 0. The van der Waals surface area contributed by atoms with Crippen molar-refractivity contribution in [3.8, 4) is 5.75 Å². The molecule has 1 fully saturated rings. The molecule has 1 aliphatic heterocycles. The molecular formula is C21H26N4O2S. The smallest absolute Gasteiger partial charge is 0.264 e. The summed E-state index contributed by atoms with van der Waals surface area (Å²) in [5, 5.41) is 6.10. The Bertz CT molecular complexity index is 835. The molecule has 1 amide bonds. The molecule has 0 radical (unpaired) electrons. The van der Waals surface area contributed by atoms with Crippen molar-refractivity contribution in [1.29, 1.82) is 0 Å². The molecule has 1 saturated heterocycles. The van der Waals surface area contributed by atoms with Crippen molar-refractivity contribution in [2.75, 3.05) is 50.1 Å². The molecule has 0 aliphatic carbocycles. The number of hydrogen-bond acceptors (Lipinski definition) is 5. The molecule has 0 bridgehead atoms. The van der Waals surface area contributed by atoms with E-state index in [9.17, 15) is 4.79 Å². The van der Waals surface area contributed by atoms with E-state index >= 15 is 0 Å². The van der Waals surface area contributed by atoms with Gasteiger partial charge in [-0.1, -0.05) is 30.3 Å². The summed E-state index contributed by atoms with van der Waals surface area (Å²) < 4.78 is 5.57. The molecule has 3 rings (SSSR count). The van der Waals surface area contributed by atoms with Gasteiger partial charge in [0.2, 0.25) is 0 Å². The van der Waals surface area contributed by atoms with Gasteiger partial charge in [0, 0.05) is 26.2 Å². The minimum absolute atomic E-state index is 0.0905. The van der Waals surface area contributed by atoms with Gasteiger partial charge < -0.3 is 19.9 Å². The minimum atomic E-state index is -0.294. The topological polar surface area (TPSA) is 56.8 Å². The lowest BCUT2D eigenvalue weighted by atomic mass is 10.2. The quantitative estimate of drug-likeness (QED) is 0.756. The van der Waals surface area contributed by atoms with Crippen LogP contribution in [0.3, 0.4) is 0 Å². The van der Waals surface area contributed by atoms with E-state index in [1.165, 1.54) is 0 Å². The van der Waals surface area contributed by atoms with E-state index in [1.807, 2.05) is 49.4 Å². The van der Waals surface area contributed by atoms with Crippen LogP contribution in [0.1, 0.15) is 5.56 Å². The highest BCUT2D eigenvalue weighted by molar-refractivity contribution is 7.80. The highest BCUT2D eigenvalue weighted by Crippen LogP contribution is 2.26. The number of thiocarbonyl (C=S) groups is 1. The molecule has 2 aromatic carbocycles. The van der Waals surface area contributed by atoms with Gasteiger partial charge in [-0.25, -0.2) is 0 Å². The fraction of sp³-hybridized carbons (Fsp3) is 0.333. The third kappa shape index (κ3) is 5.43. The van der Waals surface area contributed by atoms with Crippen molar-refractivity contribution in [2.45, 2.75) is 6.92 Å². The molecule has 6 nitrogen and oxygen atoms in total. The van der Waals surface area contributed by atoms with Gasteiger partial charge in [-0.15, -0.1) is 0 Å². The Hall–Kier alpha value is -2.64. The standard InChI is InChI=1S/C21H26N4O2S/c1-16-7-3-6-10-19(16)27-15-20(26)23-21(28)22-17-8-4-5-9-18(17)25-13-11-24(2)12-14-25/h3-10H,11-15H2,1-2H3,(H2,22,23,26,28). The van der Waals surface area contributed by atoms with Crippen molar-refractivity contribution < 1.29 is 9.53 Å². The molecule has 7 heteroatoms. The third-order valence-corrected chi connectivity index (χ3v) is 4.91. The molecule has 1 heterocycles. The van der Waals surface area contributed by atoms with E-state index in [0.29, 0.717) is 5.75 Å². The summed E-state index contributed by atoms with van der Waals surface area (Å²) >= 11 is 5.32. The van der Waals surface area contributed by atoms with Gasteiger partial charge in [-0.05, 0) is 50.0 Å². The van der Waals surface area contributed by atoms with Crippen LogP contribution in [0.25, 0.3) is 0 Å². The van der Waals surface area contributed by atoms with Crippen LogP contribution in [0.15, 0.2) is 48.5 Å². The zero-order valence-electron chi connectivity index (χ0n) is 16.3. The Morgan fingerprint density at radius 3 is 2.50 bits per heavy atom. The number of aryl methyl sites for hydroxylation is 1. The third-order valence-electron chi connectivity index (χ3n) is 4.70. The molecule has 148 valence electrons. The lowest BCUT2D eigenvalue weighted by Crippen LogP contribution is -2.45. The first-order valence-electron chi connectivity index (χ1n) is 9.35. The second kappa shape index (κ2) is 9.52. The maximum Gasteiger partial charge on any atom is 0.264 e. The predicted octanol–water partition coefficient (Wildman–Crippen LogP) is 2.64. The van der Waals surface area contributed by atoms with Crippen LogP contribution in [-0.2, 0) is 4.79 Å². The lowest BCUT2D eigenvalue weighted by molar-refractivity contribution is -0.121. The van der Waals surface area contributed by atoms with Crippen molar-refractivity contribution in [1.82, 2.24) is 10.2 Å². The number of carbonyl (C=O) groups is 1. The SMILES string of the molecule is Cc1ccccc1OCC(=O)NC(=S)Nc1ccccc1N1CCN(C)CC1. The van der Waals surface area contributed by atoms with Crippen LogP contribution in [0.2, 0.25) is 0 Å². The van der Waals surface area contributed by atoms with E-state index in [2.05, 4.69) is 33.5 Å². The van der Waals surface area contributed by atoms with E-state index in [0.717, 1.165) is 43.1 Å². The summed E-state index contributed by atoms with van der Waals surface area (Å²) in [5.41, 5.74) is 2.96. The summed E-state index contributed by atoms with van der Waals surface area (Å²) in [6.45, 7) is 5.80. The van der Waals surface area contributed by atoms with E-state index < -0.39 is 0 Å². The number of carbonyl (C=O) groups excluding carboxylic acids is 1. The zero-order valence-corrected chi connectivity index (χ0v) is 17.1. The first-order valence-corrected chi connectivity index (χ1v) is 9.75. The monoisotopic (exact) mass is 398 g/mol. The van der Waals surface area contributed by atoms with Crippen molar-refractivity contribution >= 4 is 34.6 Å². The number of likely N-dealkylation sites (N-methyl/N-ethyl adjacent to an activating group) is 1. The van der Waals surface area contributed by atoms with Crippen LogP contribution in [0, 0.1) is 6.92 Å². The number of nitrogens with zero attached hydrogens (tertiary/aromatic N) is 2. The molecule has 1 aliphatic rings. The molecular weight excluding hydrogens is 372 g/mol. The highest BCUT2D eigenvalue weighted by Gasteiger charge is 2.17. The van der Waals surface area contributed by atoms with Crippen LogP contribution in [0.5, 0.6) is 5.75 Å². The van der Waals surface area contributed by atoms with Gasteiger partial charge in [0.15, 0.2) is 11.7 Å². The van der Waals surface area contributed by atoms with Crippen LogP contribution in [-0.4, -0.2) is 55.8 Å². The summed E-state index contributed by atoms with van der Waals surface area (Å²) in [7, 11) is 2.13. The lowest BCUT2D eigenvalue weighted by Gasteiger charge is -2.35. The maximum absolute atomic E-state index is 12.2. The fourth-order valence-corrected chi connectivity index (χ4v) is 3.30. The van der Waals surface area contributed by atoms with E-state index in [1.54, 1.807) is 0 Å². The number of nitrogens with one attached hydrogen (secondary N) is 2. The van der Waals surface area contributed by atoms with Crippen molar-refractivity contribution in [2.24, 2.45) is 0 Å². The van der Waals surface area contributed by atoms with Gasteiger partial charge in [0.05, 0.1) is 11.4 Å². The average molecular weight is 399 g/mol. The number of hydrogen-bond donors (Lipinski definition) is 2. The first kappa shape index (κ1) is 20.1. The molecule has 0 aromatic heterocycles. The van der Waals surface area contributed by atoms with Gasteiger partial charge >= 0.3 is 0 Å². The average Bonchev–Trinajstić information content (AvgIpc) is 2.68. The minimum Gasteiger partial charge on any atom is -0.483 e. The molecule has 0 saturated carbocycles. The summed E-state index contributed by atoms with van der Waals surface area (Å²) in [4.78, 5) is 16.8. The highest BCUT2D eigenvalue weighted by atomic mass is 32.1. The Kier molecular flexibility index (Phi) is 6.84. The van der Waals surface area contributed by atoms with Crippen LogP contribution >= 0.6 is 12.2 Å². The number of piperazine rings is 1.